The Balaban J connectivity index is 1.80. The number of hydrogen-bond acceptors (Lipinski definition) is 2. The van der Waals surface area contributed by atoms with Crippen molar-refractivity contribution in [2.75, 3.05) is 26.7 Å². The summed E-state index contributed by atoms with van der Waals surface area (Å²) >= 11 is 3.41. The molecular weight excluding hydrogens is 366 g/mol. The van der Waals surface area contributed by atoms with Gasteiger partial charge in [-0.15, -0.1) is 0 Å². The zero-order valence-corrected chi connectivity index (χ0v) is 15.5. The molecule has 1 saturated heterocycles. The Morgan fingerprint density at radius 3 is 2.50 bits per heavy atom. The van der Waals surface area contributed by atoms with Crippen molar-refractivity contribution in [1.82, 2.24) is 0 Å². The van der Waals surface area contributed by atoms with E-state index in [1.165, 1.54) is 12.8 Å². The van der Waals surface area contributed by atoms with E-state index < -0.39 is 0 Å². The minimum absolute atomic E-state index is 0.221. The molecule has 0 spiro atoms. The van der Waals surface area contributed by atoms with Crippen LogP contribution in [0.25, 0.3) is 0 Å². The highest BCUT2D eigenvalue weighted by molar-refractivity contribution is 9.10. The SMILES string of the molecule is C[N+]1(CC(OC(=O)c2cccc(Br)c2)c2ccccc2)CCCC1. The van der Waals surface area contributed by atoms with Gasteiger partial charge in [0.2, 0.25) is 0 Å². The summed E-state index contributed by atoms with van der Waals surface area (Å²) in [5, 5.41) is 0. The van der Waals surface area contributed by atoms with Crippen LogP contribution in [0.4, 0.5) is 0 Å². The minimum atomic E-state index is -0.268. The van der Waals surface area contributed by atoms with Gasteiger partial charge in [-0.25, -0.2) is 4.79 Å². The summed E-state index contributed by atoms with van der Waals surface area (Å²) in [6.07, 6.45) is 2.27. The summed E-state index contributed by atoms with van der Waals surface area (Å²) in [7, 11) is 2.26. The van der Waals surface area contributed by atoms with Crippen LogP contribution in [0.3, 0.4) is 0 Å². The monoisotopic (exact) mass is 388 g/mol. The number of esters is 1. The number of ether oxygens (including phenoxy) is 1. The zero-order chi connectivity index (χ0) is 17.0. The van der Waals surface area contributed by atoms with Crippen LogP contribution in [-0.2, 0) is 4.74 Å². The quantitative estimate of drug-likeness (QED) is 0.553. The number of carbonyl (C=O) groups excluding carboxylic acids is 1. The Labute approximate surface area is 152 Å². The first kappa shape index (κ1) is 17.2. The van der Waals surface area contributed by atoms with E-state index >= 15 is 0 Å². The van der Waals surface area contributed by atoms with Crippen LogP contribution in [0.1, 0.15) is 34.9 Å². The van der Waals surface area contributed by atoms with Crippen molar-refractivity contribution < 1.29 is 14.0 Å². The molecule has 0 radical (unpaired) electrons. The van der Waals surface area contributed by atoms with Gasteiger partial charge in [-0.05, 0) is 23.8 Å². The number of carbonyl (C=O) groups is 1. The van der Waals surface area contributed by atoms with Gasteiger partial charge in [0.15, 0.2) is 6.10 Å². The van der Waals surface area contributed by atoms with Crippen molar-refractivity contribution in [3.63, 3.8) is 0 Å². The van der Waals surface area contributed by atoms with Crippen LogP contribution >= 0.6 is 15.9 Å². The largest absolute Gasteiger partial charge is 0.448 e. The first-order valence-electron chi connectivity index (χ1n) is 8.41. The van der Waals surface area contributed by atoms with Crippen LogP contribution in [0.5, 0.6) is 0 Å². The molecule has 1 fully saturated rings. The fraction of sp³-hybridized carbons (Fsp3) is 0.350. The van der Waals surface area contributed by atoms with Crippen molar-refractivity contribution in [1.29, 1.82) is 0 Å². The molecule has 2 aromatic carbocycles. The molecule has 4 heteroatoms. The normalized spacial score (nSPS) is 17.4. The molecule has 1 heterocycles. The summed E-state index contributed by atoms with van der Waals surface area (Å²) in [5.74, 6) is -0.268. The predicted molar refractivity (Wildman–Crippen MR) is 98.8 cm³/mol. The van der Waals surface area contributed by atoms with Crippen molar-refractivity contribution in [2.24, 2.45) is 0 Å². The average Bonchev–Trinajstić information content (AvgIpc) is 3.01. The molecule has 1 aliphatic rings. The number of halogens is 1. The number of nitrogens with zero attached hydrogens (tertiary/aromatic N) is 1. The van der Waals surface area contributed by atoms with Crippen molar-refractivity contribution in [3.8, 4) is 0 Å². The van der Waals surface area contributed by atoms with E-state index in [0.717, 1.165) is 34.2 Å². The molecule has 3 rings (SSSR count). The van der Waals surface area contributed by atoms with Gasteiger partial charge in [-0.3, -0.25) is 0 Å². The van der Waals surface area contributed by atoms with E-state index in [1.807, 2.05) is 42.5 Å². The van der Waals surface area contributed by atoms with Crippen molar-refractivity contribution in [3.05, 3.63) is 70.2 Å². The third kappa shape index (κ3) is 4.25. The Morgan fingerprint density at radius 2 is 1.83 bits per heavy atom. The molecule has 1 aliphatic heterocycles. The molecule has 126 valence electrons. The Bertz CT molecular complexity index is 696. The molecule has 1 unspecified atom stereocenters. The first-order chi connectivity index (χ1) is 11.6. The van der Waals surface area contributed by atoms with E-state index in [1.54, 1.807) is 12.1 Å². The number of benzene rings is 2. The number of quaternary nitrogens is 1. The van der Waals surface area contributed by atoms with E-state index in [0.29, 0.717) is 5.56 Å². The molecule has 0 N–H and O–H groups in total. The third-order valence-corrected chi connectivity index (χ3v) is 5.23. The first-order valence-corrected chi connectivity index (χ1v) is 9.20. The standard InChI is InChI=1S/C20H23BrNO2/c1-22(12-5-6-13-22)15-19(16-8-3-2-4-9-16)24-20(23)17-10-7-11-18(21)14-17/h2-4,7-11,14,19H,5-6,12-13,15H2,1H3/q+1. The summed E-state index contributed by atoms with van der Waals surface area (Å²) in [6, 6.07) is 17.4. The summed E-state index contributed by atoms with van der Waals surface area (Å²) in [6.45, 7) is 3.12. The highest BCUT2D eigenvalue weighted by Gasteiger charge is 2.33. The number of likely N-dealkylation sites (N-methyl/N-ethyl adjacent to an activating group) is 1. The number of hydrogen-bond donors (Lipinski definition) is 0. The molecular formula is C20H23BrNO2+. The van der Waals surface area contributed by atoms with Crippen molar-refractivity contribution in [2.45, 2.75) is 18.9 Å². The number of rotatable bonds is 5. The van der Waals surface area contributed by atoms with Gasteiger partial charge < -0.3 is 9.22 Å². The van der Waals surface area contributed by atoms with Crippen LogP contribution < -0.4 is 0 Å². The van der Waals surface area contributed by atoms with Gasteiger partial charge in [-0.2, -0.15) is 0 Å². The lowest BCUT2D eigenvalue weighted by Crippen LogP contribution is -2.44. The van der Waals surface area contributed by atoms with Gasteiger partial charge >= 0.3 is 5.97 Å². The molecule has 1 atom stereocenters. The molecule has 24 heavy (non-hydrogen) atoms. The van der Waals surface area contributed by atoms with Gasteiger partial charge in [-0.1, -0.05) is 52.3 Å². The fourth-order valence-corrected chi connectivity index (χ4v) is 3.77. The van der Waals surface area contributed by atoms with Crippen LogP contribution in [0, 0.1) is 0 Å². The van der Waals surface area contributed by atoms with Crippen molar-refractivity contribution >= 4 is 21.9 Å². The Morgan fingerprint density at radius 1 is 1.12 bits per heavy atom. The molecule has 0 saturated carbocycles. The topological polar surface area (TPSA) is 26.3 Å². The van der Waals surface area contributed by atoms with Crippen LogP contribution in [-0.4, -0.2) is 37.1 Å². The van der Waals surface area contributed by atoms with Gasteiger partial charge in [0, 0.05) is 17.3 Å². The lowest BCUT2D eigenvalue weighted by molar-refractivity contribution is -0.901. The van der Waals surface area contributed by atoms with E-state index in [9.17, 15) is 4.79 Å². The second-order valence-corrected chi connectivity index (χ2v) is 7.69. The number of likely N-dealkylation sites (tertiary alicyclic amines) is 1. The lowest BCUT2D eigenvalue weighted by Gasteiger charge is -2.33. The summed E-state index contributed by atoms with van der Waals surface area (Å²) in [5.41, 5.74) is 1.64. The average molecular weight is 389 g/mol. The fourth-order valence-electron chi connectivity index (χ4n) is 3.37. The molecule has 0 aliphatic carbocycles. The predicted octanol–water partition coefficient (Wildman–Crippen LogP) is 4.59. The maximum absolute atomic E-state index is 12.6. The molecule has 0 amide bonds. The van der Waals surface area contributed by atoms with Crippen LogP contribution in [0.2, 0.25) is 0 Å². The smallest absolute Gasteiger partial charge is 0.338 e. The third-order valence-electron chi connectivity index (χ3n) is 4.73. The maximum Gasteiger partial charge on any atom is 0.338 e. The van der Waals surface area contributed by atoms with Gasteiger partial charge in [0.1, 0.15) is 6.54 Å². The minimum Gasteiger partial charge on any atom is -0.448 e. The second kappa shape index (κ2) is 7.49. The highest BCUT2D eigenvalue weighted by Crippen LogP contribution is 2.27. The zero-order valence-electron chi connectivity index (χ0n) is 14.0. The van der Waals surface area contributed by atoms with Gasteiger partial charge in [0.05, 0.1) is 25.7 Å². The summed E-state index contributed by atoms with van der Waals surface area (Å²) in [4.78, 5) is 12.6. The molecule has 0 aromatic heterocycles. The molecule has 2 aromatic rings. The van der Waals surface area contributed by atoms with E-state index in [4.69, 9.17) is 4.74 Å². The highest BCUT2D eigenvalue weighted by atomic mass is 79.9. The maximum atomic E-state index is 12.6. The van der Waals surface area contributed by atoms with Crippen LogP contribution in [0.15, 0.2) is 59.1 Å². The lowest BCUT2D eigenvalue weighted by atomic mass is 10.1. The second-order valence-electron chi connectivity index (χ2n) is 6.77. The van der Waals surface area contributed by atoms with E-state index in [2.05, 4.69) is 23.0 Å². The van der Waals surface area contributed by atoms with E-state index in [-0.39, 0.29) is 12.1 Å². The van der Waals surface area contributed by atoms with Gasteiger partial charge in [0.25, 0.3) is 0 Å². The Hall–Kier alpha value is -1.65. The molecule has 0 bridgehead atoms. The Kier molecular flexibility index (Phi) is 5.36. The molecule has 3 nitrogen and oxygen atoms in total. The summed E-state index contributed by atoms with van der Waals surface area (Å²) < 4.78 is 7.77.